The van der Waals surface area contributed by atoms with Gasteiger partial charge < -0.3 is 14.8 Å². The van der Waals surface area contributed by atoms with E-state index in [2.05, 4.69) is 10.4 Å². The van der Waals surface area contributed by atoms with Crippen molar-refractivity contribution >= 4 is 17.5 Å². The predicted octanol–water partition coefficient (Wildman–Crippen LogP) is 0.946. The number of carbonyl (C=O) groups is 1. The monoisotopic (exact) mass is 287 g/mol. The average Bonchev–Trinajstić information content (AvgIpc) is 2.81. The third-order valence-electron chi connectivity index (χ3n) is 3.36. The third kappa shape index (κ3) is 3.01. The Bertz CT molecular complexity index is 455. The molecule has 1 aromatic heterocycles. The second-order valence-electron chi connectivity index (χ2n) is 4.68. The Hall–Kier alpha value is -1.27. The summed E-state index contributed by atoms with van der Waals surface area (Å²) in [5.41, 5.74) is -0.0721. The highest BCUT2D eigenvalue weighted by Gasteiger charge is 2.34. The van der Waals surface area contributed by atoms with E-state index in [9.17, 15) is 4.79 Å². The van der Waals surface area contributed by atoms with E-state index >= 15 is 0 Å². The number of hydrogen-bond donors (Lipinski definition) is 1. The van der Waals surface area contributed by atoms with Crippen LogP contribution in [0.4, 0.5) is 0 Å². The standard InChI is InChI=1S/C12H18ClN3O3/c1-16-10(18-2)7-9(15-16)11(17)14-12(8-13)3-5-19-6-4-12/h7H,3-6,8H2,1-2H3,(H,14,17). The van der Waals surface area contributed by atoms with Gasteiger partial charge in [0, 0.05) is 32.2 Å². The van der Waals surface area contributed by atoms with Crippen molar-refractivity contribution in [1.82, 2.24) is 15.1 Å². The molecule has 19 heavy (non-hydrogen) atoms. The number of hydrogen-bond acceptors (Lipinski definition) is 4. The highest BCUT2D eigenvalue weighted by molar-refractivity contribution is 6.19. The molecule has 0 unspecified atom stereocenters. The number of aromatic nitrogens is 2. The molecular formula is C12H18ClN3O3. The van der Waals surface area contributed by atoms with Crippen molar-refractivity contribution in [3.05, 3.63) is 11.8 Å². The molecule has 1 amide bonds. The second kappa shape index (κ2) is 5.79. The first-order valence-electron chi connectivity index (χ1n) is 6.14. The van der Waals surface area contributed by atoms with Crippen LogP contribution in [0.25, 0.3) is 0 Å². The molecule has 106 valence electrons. The Morgan fingerprint density at radius 2 is 2.32 bits per heavy atom. The van der Waals surface area contributed by atoms with Crippen LogP contribution in [0.1, 0.15) is 23.3 Å². The van der Waals surface area contributed by atoms with E-state index in [4.69, 9.17) is 21.1 Å². The maximum atomic E-state index is 12.2. The van der Waals surface area contributed by atoms with Crippen molar-refractivity contribution in [2.24, 2.45) is 7.05 Å². The molecule has 2 rings (SSSR count). The molecule has 0 aliphatic carbocycles. The van der Waals surface area contributed by atoms with E-state index in [0.717, 1.165) is 0 Å². The van der Waals surface area contributed by atoms with Gasteiger partial charge in [0.1, 0.15) is 0 Å². The van der Waals surface area contributed by atoms with E-state index in [1.807, 2.05) is 0 Å². The fourth-order valence-corrected chi connectivity index (χ4v) is 2.45. The minimum Gasteiger partial charge on any atom is -0.481 e. The molecule has 0 aromatic carbocycles. The van der Waals surface area contributed by atoms with Gasteiger partial charge in [-0.3, -0.25) is 4.79 Å². The van der Waals surface area contributed by atoms with Gasteiger partial charge in [-0.05, 0) is 12.8 Å². The van der Waals surface area contributed by atoms with Crippen LogP contribution in [0, 0.1) is 0 Å². The quantitative estimate of drug-likeness (QED) is 0.837. The fourth-order valence-electron chi connectivity index (χ4n) is 2.11. The molecule has 6 nitrogen and oxygen atoms in total. The van der Waals surface area contributed by atoms with Crippen molar-refractivity contribution in [3.63, 3.8) is 0 Å². The predicted molar refractivity (Wildman–Crippen MR) is 70.7 cm³/mol. The van der Waals surface area contributed by atoms with Crippen molar-refractivity contribution in [2.45, 2.75) is 18.4 Å². The lowest BCUT2D eigenvalue weighted by Crippen LogP contribution is -2.53. The summed E-state index contributed by atoms with van der Waals surface area (Å²) >= 11 is 6.01. The summed E-state index contributed by atoms with van der Waals surface area (Å²) in [5, 5.41) is 7.10. The number of nitrogens with one attached hydrogen (secondary N) is 1. The van der Waals surface area contributed by atoms with Crippen molar-refractivity contribution < 1.29 is 14.3 Å². The van der Waals surface area contributed by atoms with Crippen LogP contribution in [0.5, 0.6) is 5.88 Å². The minimum atomic E-state index is -0.401. The van der Waals surface area contributed by atoms with Gasteiger partial charge in [-0.1, -0.05) is 0 Å². The van der Waals surface area contributed by atoms with Crippen LogP contribution < -0.4 is 10.1 Å². The van der Waals surface area contributed by atoms with Gasteiger partial charge in [-0.25, -0.2) is 4.68 Å². The number of nitrogens with zero attached hydrogens (tertiary/aromatic N) is 2. The molecule has 0 atom stereocenters. The van der Waals surface area contributed by atoms with Gasteiger partial charge in [0.05, 0.1) is 12.6 Å². The van der Waals surface area contributed by atoms with E-state index in [-0.39, 0.29) is 5.91 Å². The molecule has 7 heteroatoms. The smallest absolute Gasteiger partial charge is 0.272 e. The molecular weight excluding hydrogens is 270 g/mol. The minimum absolute atomic E-state index is 0.235. The molecule has 1 fully saturated rings. The number of rotatable bonds is 4. The van der Waals surface area contributed by atoms with Crippen LogP contribution in [0.15, 0.2) is 6.07 Å². The fraction of sp³-hybridized carbons (Fsp3) is 0.667. The first-order chi connectivity index (χ1) is 9.10. The zero-order valence-electron chi connectivity index (χ0n) is 11.1. The summed E-state index contributed by atoms with van der Waals surface area (Å²) in [4.78, 5) is 12.2. The van der Waals surface area contributed by atoms with E-state index < -0.39 is 5.54 Å². The third-order valence-corrected chi connectivity index (χ3v) is 3.87. The molecule has 1 N–H and O–H groups in total. The Morgan fingerprint density at radius 3 is 2.84 bits per heavy atom. The number of alkyl halides is 1. The topological polar surface area (TPSA) is 65.4 Å². The SMILES string of the molecule is COc1cc(C(=O)NC2(CCl)CCOCC2)nn1C. The van der Waals surface area contributed by atoms with Gasteiger partial charge in [-0.2, -0.15) is 5.10 Å². The van der Waals surface area contributed by atoms with Crippen LogP contribution >= 0.6 is 11.6 Å². The van der Waals surface area contributed by atoms with Gasteiger partial charge in [0.2, 0.25) is 5.88 Å². The van der Waals surface area contributed by atoms with E-state index in [1.165, 1.54) is 11.8 Å². The lowest BCUT2D eigenvalue weighted by atomic mass is 9.92. The van der Waals surface area contributed by atoms with Gasteiger partial charge in [0.25, 0.3) is 5.91 Å². The Kier molecular flexibility index (Phi) is 4.31. The van der Waals surface area contributed by atoms with Crippen molar-refractivity contribution in [1.29, 1.82) is 0 Å². The summed E-state index contributed by atoms with van der Waals surface area (Å²) in [6.45, 7) is 1.22. The highest BCUT2D eigenvalue weighted by Crippen LogP contribution is 2.23. The number of amides is 1. The first kappa shape index (κ1) is 14.1. The molecule has 1 aliphatic heterocycles. The van der Waals surface area contributed by atoms with Gasteiger partial charge in [0.15, 0.2) is 5.69 Å². The van der Waals surface area contributed by atoms with Crippen LogP contribution in [-0.2, 0) is 11.8 Å². The number of aryl methyl sites for hydroxylation is 1. The van der Waals surface area contributed by atoms with Crippen LogP contribution in [-0.4, -0.2) is 47.4 Å². The average molecular weight is 288 g/mol. The molecule has 1 saturated heterocycles. The lowest BCUT2D eigenvalue weighted by Gasteiger charge is -2.36. The van der Waals surface area contributed by atoms with E-state index in [0.29, 0.717) is 43.5 Å². The second-order valence-corrected chi connectivity index (χ2v) is 4.94. The molecule has 0 spiro atoms. The number of carbonyl (C=O) groups excluding carboxylic acids is 1. The first-order valence-corrected chi connectivity index (χ1v) is 6.68. The maximum absolute atomic E-state index is 12.2. The normalized spacial score (nSPS) is 18.1. The number of halogens is 1. The van der Waals surface area contributed by atoms with Gasteiger partial charge >= 0.3 is 0 Å². The van der Waals surface area contributed by atoms with Crippen molar-refractivity contribution in [3.8, 4) is 5.88 Å². The molecule has 2 heterocycles. The molecule has 1 aromatic rings. The van der Waals surface area contributed by atoms with Gasteiger partial charge in [-0.15, -0.1) is 11.6 Å². The maximum Gasteiger partial charge on any atom is 0.272 e. The Balaban J connectivity index is 2.10. The molecule has 0 radical (unpaired) electrons. The van der Waals surface area contributed by atoms with E-state index in [1.54, 1.807) is 13.1 Å². The summed E-state index contributed by atoms with van der Waals surface area (Å²) in [5.74, 6) is 0.671. The highest BCUT2D eigenvalue weighted by atomic mass is 35.5. The summed E-state index contributed by atoms with van der Waals surface area (Å²) in [7, 11) is 3.26. The van der Waals surface area contributed by atoms with Crippen LogP contribution in [0.3, 0.4) is 0 Å². The van der Waals surface area contributed by atoms with Crippen molar-refractivity contribution in [2.75, 3.05) is 26.2 Å². The number of methoxy groups -OCH3 is 1. The Labute approximate surface area is 117 Å². The zero-order valence-corrected chi connectivity index (χ0v) is 11.9. The van der Waals surface area contributed by atoms with Crippen LogP contribution in [0.2, 0.25) is 0 Å². The molecule has 1 aliphatic rings. The molecule has 0 bridgehead atoms. The largest absolute Gasteiger partial charge is 0.481 e. The molecule has 0 saturated carbocycles. The summed E-state index contributed by atoms with van der Waals surface area (Å²) < 4.78 is 11.9. The summed E-state index contributed by atoms with van der Waals surface area (Å²) in [6.07, 6.45) is 1.43. The Morgan fingerprint density at radius 1 is 1.63 bits per heavy atom. The summed E-state index contributed by atoms with van der Waals surface area (Å²) in [6, 6.07) is 1.61. The lowest BCUT2D eigenvalue weighted by molar-refractivity contribution is 0.0432. The number of ether oxygens (including phenoxy) is 2. The zero-order chi connectivity index (χ0) is 13.9.